The summed E-state index contributed by atoms with van der Waals surface area (Å²) in [7, 11) is 0. The number of halogens is 1. The van der Waals surface area contributed by atoms with Crippen molar-refractivity contribution >= 4 is 27.7 Å². The van der Waals surface area contributed by atoms with Gasteiger partial charge in [-0.2, -0.15) is 11.8 Å². The first kappa shape index (κ1) is 9.53. The van der Waals surface area contributed by atoms with Crippen LogP contribution in [-0.4, -0.2) is 28.0 Å². The first-order chi connectivity index (χ1) is 4.31. The summed E-state index contributed by atoms with van der Waals surface area (Å²) >= 11 is 4.87. The molecule has 0 aromatic rings. The normalized spacial score (nSPS) is 13.1. The minimum Gasteiger partial charge on any atom is -0.391 e. The molecule has 1 atom stereocenters. The fraction of sp³-hybridized carbons (Fsp3) is 0.667. The lowest BCUT2D eigenvalue weighted by Gasteiger charge is -2.02. The molecule has 1 N–H and O–H groups in total. The van der Waals surface area contributed by atoms with Gasteiger partial charge in [0.2, 0.25) is 0 Å². The van der Waals surface area contributed by atoms with Crippen LogP contribution in [0.4, 0.5) is 0 Å². The summed E-state index contributed by atoms with van der Waals surface area (Å²) in [6.45, 7) is 3.57. The van der Waals surface area contributed by atoms with Gasteiger partial charge in [0.15, 0.2) is 0 Å². The molecule has 0 saturated carbocycles. The first-order valence-electron chi connectivity index (χ1n) is 2.74. The van der Waals surface area contributed by atoms with Gasteiger partial charge >= 0.3 is 0 Å². The van der Waals surface area contributed by atoms with Gasteiger partial charge in [0.1, 0.15) is 0 Å². The molecule has 0 fully saturated rings. The highest BCUT2D eigenvalue weighted by Gasteiger charge is 1.98. The summed E-state index contributed by atoms with van der Waals surface area (Å²) in [5.41, 5.74) is 0. The molecule has 0 saturated heterocycles. The molecular weight excluding hydrogens is 200 g/mol. The van der Waals surface area contributed by atoms with Crippen LogP contribution in [-0.2, 0) is 0 Å². The summed E-state index contributed by atoms with van der Waals surface area (Å²) < 4.78 is 0. The third kappa shape index (κ3) is 6.41. The Morgan fingerprint density at radius 3 is 2.89 bits per heavy atom. The standard InChI is InChI=1S/C6H11BrOS/c1-2-3-9-5-6(8)4-7/h2,6,8H,1,3-5H2. The van der Waals surface area contributed by atoms with Gasteiger partial charge in [-0.1, -0.05) is 22.0 Å². The smallest absolute Gasteiger partial charge is 0.0727 e. The van der Waals surface area contributed by atoms with Crippen molar-refractivity contribution in [2.24, 2.45) is 0 Å². The van der Waals surface area contributed by atoms with Crippen LogP contribution in [0.3, 0.4) is 0 Å². The molecule has 0 aromatic heterocycles. The van der Waals surface area contributed by atoms with Crippen molar-refractivity contribution in [3.05, 3.63) is 12.7 Å². The van der Waals surface area contributed by atoms with E-state index in [9.17, 15) is 0 Å². The summed E-state index contributed by atoms with van der Waals surface area (Å²) in [6.07, 6.45) is 1.63. The monoisotopic (exact) mass is 210 g/mol. The van der Waals surface area contributed by atoms with Gasteiger partial charge in [0.05, 0.1) is 6.10 Å². The quantitative estimate of drug-likeness (QED) is 0.424. The minimum absolute atomic E-state index is 0.213. The SMILES string of the molecule is C=CCSCC(O)CBr. The maximum Gasteiger partial charge on any atom is 0.0727 e. The highest BCUT2D eigenvalue weighted by Crippen LogP contribution is 2.04. The highest BCUT2D eigenvalue weighted by atomic mass is 79.9. The van der Waals surface area contributed by atoms with E-state index in [2.05, 4.69) is 22.5 Å². The Morgan fingerprint density at radius 1 is 1.78 bits per heavy atom. The minimum atomic E-state index is -0.213. The van der Waals surface area contributed by atoms with Crippen molar-refractivity contribution in [3.63, 3.8) is 0 Å². The van der Waals surface area contributed by atoms with E-state index in [1.165, 1.54) is 0 Å². The molecule has 0 rings (SSSR count). The Hall–Kier alpha value is 0.530. The summed E-state index contributed by atoms with van der Waals surface area (Å²) in [5.74, 6) is 1.71. The lowest BCUT2D eigenvalue weighted by Crippen LogP contribution is -2.10. The van der Waals surface area contributed by atoms with E-state index >= 15 is 0 Å². The largest absolute Gasteiger partial charge is 0.391 e. The number of alkyl halides is 1. The molecule has 0 aromatic carbocycles. The van der Waals surface area contributed by atoms with Crippen molar-refractivity contribution in [1.29, 1.82) is 0 Å². The van der Waals surface area contributed by atoms with E-state index in [0.29, 0.717) is 5.33 Å². The van der Waals surface area contributed by atoms with Crippen molar-refractivity contribution in [3.8, 4) is 0 Å². The average molecular weight is 211 g/mol. The zero-order chi connectivity index (χ0) is 7.11. The highest BCUT2D eigenvalue weighted by molar-refractivity contribution is 9.09. The second kappa shape index (κ2) is 6.65. The van der Waals surface area contributed by atoms with E-state index < -0.39 is 0 Å². The number of aliphatic hydroxyl groups is 1. The molecule has 0 bridgehead atoms. The van der Waals surface area contributed by atoms with E-state index in [-0.39, 0.29) is 6.10 Å². The van der Waals surface area contributed by atoms with Crippen LogP contribution in [0.25, 0.3) is 0 Å². The zero-order valence-corrected chi connectivity index (χ0v) is 7.62. The second-order valence-corrected chi connectivity index (χ2v) is 3.36. The first-order valence-corrected chi connectivity index (χ1v) is 5.01. The Balaban J connectivity index is 2.96. The molecule has 9 heavy (non-hydrogen) atoms. The number of thioether (sulfide) groups is 1. The molecule has 1 nitrogen and oxygen atoms in total. The molecule has 3 heteroatoms. The van der Waals surface area contributed by atoms with Crippen LogP contribution in [0, 0.1) is 0 Å². The van der Waals surface area contributed by atoms with Crippen LogP contribution in [0.5, 0.6) is 0 Å². The molecule has 0 aliphatic rings. The van der Waals surface area contributed by atoms with E-state index in [4.69, 9.17) is 5.11 Å². The van der Waals surface area contributed by atoms with Crippen molar-refractivity contribution in [2.75, 3.05) is 16.8 Å². The molecule has 0 aliphatic heterocycles. The third-order valence-electron chi connectivity index (χ3n) is 0.724. The van der Waals surface area contributed by atoms with Gasteiger partial charge in [-0.15, -0.1) is 6.58 Å². The van der Waals surface area contributed by atoms with Crippen LogP contribution in [0.1, 0.15) is 0 Å². The average Bonchev–Trinajstić information content (AvgIpc) is 1.89. The fourth-order valence-corrected chi connectivity index (χ4v) is 1.56. The van der Waals surface area contributed by atoms with Gasteiger partial charge < -0.3 is 5.11 Å². The molecule has 0 radical (unpaired) electrons. The summed E-state index contributed by atoms with van der Waals surface area (Å²) in [4.78, 5) is 0. The van der Waals surface area contributed by atoms with Crippen molar-refractivity contribution < 1.29 is 5.11 Å². The molecule has 0 heterocycles. The Bertz CT molecular complexity index is 77.5. The summed E-state index contributed by atoms with van der Waals surface area (Å²) in [5, 5.41) is 9.65. The number of rotatable bonds is 5. The Kier molecular flexibility index (Phi) is 7.04. The molecule has 0 aliphatic carbocycles. The van der Waals surface area contributed by atoms with Crippen LogP contribution >= 0.6 is 27.7 Å². The summed E-state index contributed by atoms with van der Waals surface area (Å²) in [6, 6.07) is 0. The van der Waals surface area contributed by atoms with Crippen molar-refractivity contribution in [2.45, 2.75) is 6.10 Å². The number of hydrogen-bond acceptors (Lipinski definition) is 2. The van der Waals surface area contributed by atoms with Gasteiger partial charge in [0.25, 0.3) is 0 Å². The molecule has 0 amide bonds. The van der Waals surface area contributed by atoms with E-state index in [0.717, 1.165) is 11.5 Å². The van der Waals surface area contributed by atoms with Crippen LogP contribution in [0.2, 0.25) is 0 Å². The predicted molar refractivity (Wildman–Crippen MR) is 47.3 cm³/mol. The molecule has 0 spiro atoms. The van der Waals surface area contributed by atoms with Gasteiger partial charge in [-0.25, -0.2) is 0 Å². The Morgan fingerprint density at radius 2 is 2.44 bits per heavy atom. The molecule has 54 valence electrons. The third-order valence-corrected chi connectivity index (χ3v) is 2.56. The number of aliphatic hydroxyl groups excluding tert-OH is 1. The van der Waals surface area contributed by atoms with Gasteiger partial charge in [-0.05, 0) is 0 Å². The van der Waals surface area contributed by atoms with E-state index in [1.54, 1.807) is 11.8 Å². The van der Waals surface area contributed by atoms with Gasteiger partial charge in [0, 0.05) is 16.8 Å². The van der Waals surface area contributed by atoms with Crippen LogP contribution in [0.15, 0.2) is 12.7 Å². The topological polar surface area (TPSA) is 20.2 Å². The maximum atomic E-state index is 8.98. The van der Waals surface area contributed by atoms with Gasteiger partial charge in [-0.3, -0.25) is 0 Å². The second-order valence-electron chi connectivity index (χ2n) is 1.63. The lowest BCUT2D eigenvalue weighted by atomic mass is 10.5. The maximum absolute atomic E-state index is 8.98. The Labute approximate surface area is 68.7 Å². The number of hydrogen-bond donors (Lipinski definition) is 1. The van der Waals surface area contributed by atoms with E-state index in [1.807, 2.05) is 6.08 Å². The predicted octanol–water partition coefficient (Wildman–Crippen LogP) is 1.66. The van der Waals surface area contributed by atoms with Crippen molar-refractivity contribution in [1.82, 2.24) is 0 Å². The zero-order valence-electron chi connectivity index (χ0n) is 5.22. The molecular formula is C6H11BrOS. The fourth-order valence-electron chi connectivity index (χ4n) is 0.332. The van der Waals surface area contributed by atoms with Crippen LogP contribution < -0.4 is 0 Å². The lowest BCUT2D eigenvalue weighted by molar-refractivity contribution is 0.226. The molecule has 1 unspecified atom stereocenters.